The topological polar surface area (TPSA) is 45.2 Å². The summed E-state index contributed by atoms with van der Waals surface area (Å²) in [5, 5.41) is 4.46. The van der Waals surface area contributed by atoms with Crippen LogP contribution in [0.2, 0.25) is 0 Å². The van der Waals surface area contributed by atoms with E-state index in [2.05, 4.69) is 24.4 Å². The van der Waals surface area contributed by atoms with Crippen LogP contribution in [0.15, 0.2) is 30.3 Å². The highest BCUT2D eigenvalue weighted by Crippen LogP contribution is 2.34. The summed E-state index contributed by atoms with van der Waals surface area (Å²) >= 11 is 3.61. The van der Waals surface area contributed by atoms with Gasteiger partial charge in [-0.15, -0.1) is 36.2 Å². The maximum absolute atomic E-state index is 12.7. The summed E-state index contributed by atoms with van der Waals surface area (Å²) in [5.74, 6) is 2.35. The quantitative estimate of drug-likeness (QED) is 0.728. The smallest absolute Gasteiger partial charge is 0.224 e. The van der Waals surface area contributed by atoms with Gasteiger partial charge in [-0.3, -0.25) is 4.79 Å². The number of nitrogens with one attached hydrogen (secondary N) is 1. The molecule has 1 aliphatic heterocycles. The molecular weight excluding hydrogens is 421 g/mol. The Morgan fingerprint density at radius 2 is 2.04 bits per heavy atom. The van der Waals surface area contributed by atoms with Crippen LogP contribution in [0.25, 0.3) is 10.6 Å². The second kappa shape index (κ2) is 11.3. The molecule has 1 aromatic heterocycles. The van der Waals surface area contributed by atoms with Crippen LogP contribution in [0.1, 0.15) is 30.0 Å². The van der Waals surface area contributed by atoms with Gasteiger partial charge in [-0.05, 0) is 13.8 Å². The van der Waals surface area contributed by atoms with Gasteiger partial charge in [-0.2, -0.15) is 11.8 Å². The van der Waals surface area contributed by atoms with Gasteiger partial charge in [-0.1, -0.05) is 30.3 Å². The minimum atomic E-state index is 0. The Bertz CT molecular complexity index is 721. The molecule has 1 saturated heterocycles. The Labute approximate surface area is 182 Å². The number of hydrogen-bond acceptors (Lipinski definition) is 5. The summed E-state index contributed by atoms with van der Waals surface area (Å²) < 4.78 is 0. The van der Waals surface area contributed by atoms with Gasteiger partial charge in [0.15, 0.2) is 0 Å². The number of aromatic nitrogens is 1. The van der Waals surface area contributed by atoms with Crippen molar-refractivity contribution < 1.29 is 4.79 Å². The number of nitrogens with zero attached hydrogens (tertiary/aromatic N) is 2. The molecule has 1 aliphatic rings. The summed E-state index contributed by atoms with van der Waals surface area (Å²) in [6, 6.07) is 10.6. The van der Waals surface area contributed by atoms with Gasteiger partial charge < -0.3 is 10.2 Å². The molecule has 1 fully saturated rings. The highest BCUT2D eigenvalue weighted by molar-refractivity contribution is 7.99. The molecule has 2 heterocycles. The van der Waals surface area contributed by atoms with Gasteiger partial charge >= 0.3 is 0 Å². The molecule has 0 bridgehead atoms. The normalized spacial score (nSPS) is 17.4. The third kappa shape index (κ3) is 6.09. The van der Waals surface area contributed by atoms with E-state index in [9.17, 15) is 4.79 Å². The lowest BCUT2D eigenvalue weighted by Crippen LogP contribution is -2.42. The standard InChI is InChI=1S/C19H25N3OS2.2ClH/c1-13-18(25-19(21-13)15-7-5-4-6-8-15)14(2)22(3)17(23)11-16-12-24-10-9-20-16;;/h4-8,14,16,20H,9-12H2,1-3H3;2*1H. The summed E-state index contributed by atoms with van der Waals surface area (Å²) in [7, 11) is 1.91. The molecule has 2 atom stereocenters. The first-order valence-electron chi connectivity index (χ1n) is 8.65. The number of aryl methyl sites for hydroxylation is 1. The average molecular weight is 448 g/mol. The first-order valence-corrected chi connectivity index (χ1v) is 10.6. The molecule has 2 aromatic rings. The van der Waals surface area contributed by atoms with Gasteiger partial charge in [0.25, 0.3) is 0 Å². The molecule has 1 N–H and O–H groups in total. The number of benzene rings is 1. The van der Waals surface area contributed by atoms with Crippen molar-refractivity contribution in [1.82, 2.24) is 15.2 Å². The first kappa shape index (κ1) is 24.2. The lowest BCUT2D eigenvalue weighted by Gasteiger charge is -2.28. The van der Waals surface area contributed by atoms with Crippen molar-refractivity contribution >= 4 is 53.8 Å². The minimum Gasteiger partial charge on any atom is -0.338 e. The highest BCUT2D eigenvalue weighted by Gasteiger charge is 2.25. The molecule has 3 rings (SSSR count). The van der Waals surface area contributed by atoms with Crippen molar-refractivity contribution in [2.75, 3.05) is 25.1 Å². The highest BCUT2D eigenvalue weighted by atomic mass is 35.5. The van der Waals surface area contributed by atoms with Crippen molar-refractivity contribution in [3.05, 3.63) is 40.9 Å². The number of amides is 1. The van der Waals surface area contributed by atoms with Crippen LogP contribution in [-0.2, 0) is 4.79 Å². The summed E-state index contributed by atoms with van der Waals surface area (Å²) in [6.07, 6.45) is 0.567. The molecule has 1 aromatic carbocycles. The third-order valence-corrected chi connectivity index (χ3v) is 7.13. The maximum atomic E-state index is 12.7. The number of thioether (sulfide) groups is 1. The zero-order chi connectivity index (χ0) is 17.8. The predicted octanol–water partition coefficient (Wildman–Crippen LogP) is 4.58. The van der Waals surface area contributed by atoms with Crippen LogP contribution in [0.5, 0.6) is 0 Å². The lowest BCUT2D eigenvalue weighted by molar-refractivity contribution is -0.132. The summed E-state index contributed by atoms with van der Waals surface area (Å²) in [4.78, 5) is 20.4. The Kier molecular flexibility index (Phi) is 10.1. The lowest BCUT2D eigenvalue weighted by atomic mass is 10.1. The summed E-state index contributed by atoms with van der Waals surface area (Å²) in [6.45, 7) is 5.12. The second-order valence-corrected chi connectivity index (χ2v) is 8.63. The summed E-state index contributed by atoms with van der Waals surface area (Å²) in [5.41, 5.74) is 2.15. The molecule has 0 saturated carbocycles. The van der Waals surface area contributed by atoms with E-state index in [0.717, 1.165) is 34.3 Å². The largest absolute Gasteiger partial charge is 0.338 e. The molecule has 8 heteroatoms. The zero-order valence-corrected chi connectivity index (χ0v) is 19.1. The van der Waals surface area contributed by atoms with E-state index in [1.54, 1.807) is 11.3 Å². The fourth-order valence-electron chi connectivity index (χ4n) is 3.00. The molecule has 0 spiro atoms. The van der Waals surface area contributed by atoms with E-state index in [1.807, 2.05) is 48.8 Å². The van der Waals surface area contributed by atoms with E-state index in [-0.39, 0.29) is 36.8 Å². The van der Waals surface area contributed by atoms with Crippen molar-refractivity contribution in [3.8, 4) is 10.6 Å². The van der Waals surface area contributed by atoms with Crippen LogP contribution < -0.4 is 5.32 Å². The Morgan fingerprint density at radius 3 is 2.67 bits per heavy atom. The van der Waals surface area contributed by atoms with Crippen LogP contribution in [0.3, 0.4) is 0 Å². The van der Waals surface area contributed by atoms with E-state index in [1.165, 1.54) is 4.88 Å². The monoisotopic (exact) mass is 447 g/mol. The number of carbonyl (C=O) groups is 1. The molecule has 0 aliphatic carbocycles. The van der Waals surface area contributed by atoms with Gasteiger partial charge in [0.1, 0.15) is 5.01 Å². The molecule has 27 heavy (non-hydrogen) atoms. The number of halogens is 2. The van der Waals surface area contributed by atoms with E-state index in [4.69, 9.17) is 4.98 Å². The van der Waals surface area contributed by atoms with Crippen LogP contribution in [0, 0.1) is 6.92 Å². The van der Waals surface area contributed by atoms with Gasteiger partial charge in [-0.25, -0.2) is 4.98 Å². The van der Waals surface area contributed by atoms with Crippen LogP contribution >= 0.6 is 47.9 Å². The second-order valence-electron chi connectivity index (χ2n) is 6.45. The SMILES string of the molecule is Cc1nc(-c2ccccc2)sc1C(C)N(C)C(=O)CC1CSCCN1.Cl.Cl. The molecular formula is C19H27Cl2N3OS2. The minimum absolute atomic E-state index is 0. The Hall–Kier alpha value is -0.790. The fourth-order valence-corrected chi connectivity index (χ4v) is 5.11. The Balaban J connectivity index is 0.00000182. The molecule has 1 amide bonds. The number of thiazole rings is 1. The molecule has 2 unspecified atom stereocenters. The van der Waals surface area contributed by atoms with Crippen molar-refractivity contribution in [2.24, 2.45) is 0 Å². The predicted molar refractivity (Wildman–Crippen MR) is 122 cm³/mol. The third-order valence-electron chi connectivity index (χ3n) is 4.63. The van der Waals surface area contributed by atoms with E-state index in [0.29, 0.717) is 12.5 Å². The van der Waals surface area contributed by atoms with Gasteiger partial charge in [0.2, 0.25) is 5.91 Å². The van der Waals surface area contributed by atoms with E-state index < -0.39 is 0 Å². The van der Waals surface area contributed by atoms with Crippen molar-refractivity contribution in [3.63, 3.8) is 0 Å². The van der Waals surface area contributed by atoms with Crippen molar-refractivity contribution in [1.29, 1.82) is 0 Å². The number of carbonyl (C=O) groups excluding carboxylic acids is 1. The van der Waals surface area contributed by atoms with Crippen LogP contribution in [-0.4, -0.2) is 46.9 Å². The first-order chi connectivity index (χ1) is 12.1. The van der Waals surface area contributed by atoms with E-state index >= 15 is 0 Å². The van der Waals surface area contributed by atoms with Gasteiger partial charge in [0.05, 0.1) is 16.6 Å². The molecule has 150 valence electrons. The van der Waals surface area contributed by atoms with Gasteiger partial charge in [0, 0.05) is 43.1 Å². The number of rotatable bonds is 5. The van der Waals surface area contributed by atoms with Crippen LogP contribution in [0.4, 0.5) is 0 Å². The maximum Gasteiger partial charge on any atom is 0.224 e. The average Bonchev–Trinajstić information content (AvgIpc) is 3.04. The van der Waals surface area contributed by atoms with Crippen molar-refractivity contribution in [2.45, 2.75) is 32.4 Å². The number of hydrogen-bond donors (Lipinski definition) is 1. The fraction of sp³-hybridized carbons (Fsp3) is 0.474. The zero-order valence-electron chi connectivity index (χ0n) is 15.8. The Morgan fingerprint density at radius 1 is 1.33 bits per heavy atom. The molecule has 4 nitrogen and oxygen atoms in total. The molecule has 0 radical (unpaired) electrons.